The smallest absolute Gasteiger partial charge is 0.137 e. The van der Waals surface area contributed by atoms with E-state index in [0.717, 1.165) is 34.0 Å². The van der Waals surface area contributed by atoms with Gasteiger partial charge in [-0.3, -0.25) is 4.57 Å². The molecule has 0 N–H and O–H groups in total. The SMILES string of the molecule is CC(C)(C)C1=C(C(C)(C)C)N(c2cc(Oc3cc(C(C)(C)C)c4c5ccccc5n(-c5cc(C(C)(C)C)ccn5)c4c3)cc(C(C)(C)c3ccccc3)c2)CN1c1cc(C(C)(C)C)cc(C(C)(C)C)c1. The first-order chi connectivity index (χ1) is 32.2. The highest BCUT2D eigenvalue weighted by atomic mass is 16.5. The summed E-state index contributed by atoms with van der Waals surface area (Å²) >= 11 is 0. The third-order valence-electron chi connectivity index (χ3n) is 14.5. The van der Waals surface area contributed by atoms with Crippen LogP contribution in [0.4, 0.5) is 11.4 Å². The van der Waals surface area contributed by atoms with Gasteiger partial charge in [0.1, 0.15) is 17.3 Å². The fraction of sp³-hybridized carbons (Fsp3) is 0.431. The van der Waals surface area contributed by atoms with Crippen LogP contribution in [0.3, 0.4) is 0 Å². The van der Waals surface area contributed by atoms with Crippen LogP contribution in [0, 0.1) is 10.8 Å². The van der Waals surface area contributed by atoms with E-state index in [1.807, 2.05) is 6.20 Å². The van der Waals surface area contributed by atoms with Crippen molar-refractivity contribution in [2.75, 3.05) is 16.5 Å². The van der Waals surface area contributed by atoms with Crippen LogP contribution in [0.5, 0.6) is 11.5 Å². The quantitative estimate of drug-likeness (QED) is 0.159. The van der Waals surface area contributed by atoms with E-state index in [-0.39, 0.29) is 37.9 Å². The zero-order valence-corrected chi connectivity index (χ0v) is 46.5. The first-order valence-electron chi connectivity index (χ1n) is 25.6. The van der Waals surface area contributed by atoms with Gasteiger partial charge in [-0.1, -0.05) is 193 Å². The summed E-state index contributed by atoms with van der Waals surface area (Å²) in [5.41, 5.74) is 13.9. The topological polar surface area (TPSA) is 33.5 Å². The van der Waals surface area contributed by atoms with Crippen LogP contribution in [0.25, 0.3) is 27.6 Å². The highest BCUT2D eigenvalue weighted by molar-refractivity contribution is 6.11. The van der Waals surface area contributed by atoms with Crippen LogP contribution in [0.2, 0.25) is 0 Å². The highest BCUT2D eigenvalue weighted by Crippen LogP contribution is 2.51. The second kappa shape index (κ2) is 17.2. The van der Waals surface area contributed by atoms with Gasteiger partial charge in [0, 0.05) is 68.1 Å². The van der Waals surface area contributed by atoms with Crippen molar-refractivity contribution in [3.63, 3.8) is 0 Å². The van der Waals surface area contributed by atoms with Crippen molar-refractivity contribution in [3.8, 4) is 17.3 Å². The van der Waals surface area contributed by atoms with Gasteiger partial charge in [-0.15, -0.1) is 0 Å². The van der Waals surface area contributed by atoms with E-state index >= 15 is 0 Å². The largest absolute Gasteiger partial charge is 0.457 e. The molecule has 1 aliphatic rings. The van der Waals surface area contributed by atoms with Gasteiger partial charge in [0.05, 0.1) is 17.7 Å². The summed E-state index contributed by atoms with van der Waals surface area (Å²) in [6.07, 6.45) is 1.96. The Balaban J connectivity index is 1.38. The van der Waals surface area contributed by atoms with Crippen LogP contribution in [0.15, 0.2) is 133 Å². The van der Waals surface area contributed by atoms with E-state index < -0.39 is 0 Å². The molecule has 0 saturated carbocycles. The Hall–Kier alpha value is -5.81. The summed E-state index contributed by atoms with van der Waals surface area (Å²) in [7, 11) is 0. The monoisotopic (exact) mass is 935 g/mol. The molecular weight excluding hydrogens is 853 g/mol. The van der Waals surface area contributed by atoms with Gasteiger partial charge < -0.3 is 14.5 Å². The molecule has 5 aromatic carbocycles. The van der Waals surface area contributed by atoms with Gasteiger partial charge in [-0.2, -0.15) is 0 Å². The van der Waals surface area contributed by atoms with Crippen LogP contribution >= 0.6 is 0 Å². The number of nitrogens with zero attached hydrogens (tertiary/aromatic N) is 4. The second-order valence-electron chi connectivity index (χ2n) is 26.9. The maximum atomic E-state index is 7.40. The van der Waals surface area contributed by atoms with Crippen molar-refractivity contribution in [1.82, 2.24) is 9.55 Å². The Morgan fingerprint density at radius 3 is 1.47 bits per heavy atom. The maximum absolute atomic E-state index is 7.40. The molecule has 8 rings (SSSR count). The summed E-state index contributed by atoms with van der Waals surface area (Å²) in [6, 6.07) is 43.0. The third-order valence-corrected chi connectivity index (χ3v) is 14.5. The van der Waals surface area contributed by atoms with Crippen LogP contribution in [0.1, 0.15) is 172 Å². The molecule has 2 aromatic heterocycles. The summed E-state index contributed by atoms with van der Waals surface area (Å²) in [5.74, 6) is 2.51. The number of hydrogen-bond donors (Lipinski definition) is 0. The number of para-hydroxylation sites is 1. The molecule has 0 radical (unpaired) electrons. The lowest BCUT2D eigenvalue weighted by molar-refractivity contribution is 0.444. The summed E-state index contributed by atoms with van der Waals surface area (Å²) in [5, 5.41) is 2.44. The third kappa shape index (κ3) is 9.67. The number of pyridine rings is 1. The molecular formula is C65H82N4O. The van der Waals surface area contributed by atoms with E-state index in [2.05, 4.69) is 268 Å². The lowest BCUT2D eigenvalue weighted by atomic mass is 9.77. The Morgan fingerprint density at radius 1 is 0.414 bits per heavy atom. The predicted octanol–water partition coefficient (Wildman–Crippen LogP) is 18.1. The number of allylic oxidation sites excluding steroid dienone is 2. The van der Waals surface area contributed by atoms with Crippen molar-refractivity contribution in [1.29, 1.82) is 0 Å². The van der Waals surface area contributed by atoms with Gasteiger partial charge in [0.25, 0.3) is 0 Å². The van der Waals surface area contributed by atoms with Crippen molar-refractivity contribution in [3.05, 3.63) is 166 Å². The van der Waals surface area contributed by atoms with E-state index in [9.17, 15) is 0 Å². The van der Waals surface area contributed by atoms with Crippen molar-refractivity contribution >= 4 is 33.2 Å². The average Bonchev–Trinajstić information content (AvgIpc) is 3.83. The molecule has 368 valence electrons. The summed E-state index contributed by atoms with van der Waals surface area (Å²) < 4.78 is 9.74. The average molecular weight is 935 g/mol. The Bertz CT molecular complexity index is 3090. The molecule has 0 aliphatic carbocycles. The molecule has 0 saturated heterocycles. The minimum Gasteiger partial charge on any atom is -0.457 e. The van der Waals surface area contributed by atoms with Gasteiger partial charge in [-0.05, 0) is 104 Å². The fourth-order valence-electron chi connectivity index (χ4n) is 10.4. The fourth-order valence-corrected chi connectivity index (χ4v) is 10.4. The van der Waals surface area contributed by atoms with Gasteiger partial charge >= 0.3 is 0 Å². The number of rotatable bonds is 7. The van der Waals surface area contributed by atoms with Crippen molar-refractivity contribution in [2.24, 2.45) is 10.8 Å². The summed E-state index contributed by atoms with van der Waals surface area (Å²) in [6.45, 7) is 47.3. The first kappa shape index (κ1) is 50.6. The Morgan fingerprint density at radius 2 is 0.929 bits per heavy atom. The molecule has 0 amide bonds. The highest BCUT2D eigenvalue weighted by Gasteiger charge is 2.43. The molecule has 5 nitrogen and oxygen atoms in total. The zero-order chi connectivity index (χ0) is 51.3. The lowest BCUT2D eigenvalue weighted by Gasteiger charge is -2.35. The molecule has 7 aromatic rings. The minimum atomic E-state index is -0.341. The molecule has 1 aliphatic heterocycles. The zero-order valence-electron chi connectivity index (χ0n) is 46.5. The maximum Gasteiger partial charge on any atom is 0.137 e. The van der Waals surface area contributed by atoms with Crippen molar-refractivity contribution < 1.29 is 4.74 Å². The first-order valence-corrected chi connectivity index (χ1v) is 25.6. The van der Waals surface area contributed by atoms with E-state index in [1.54, 1.807) is 0 Å². The van der Waals surface area contributed by atoms with E-state index in [4.69, 9.17) is 9.72 Å². The Kier molecular flexibility index (Phi) is 12.4. The number of benzene rings is 5. The molecule has 3 heterocycles. The molecule has 70 heavy (non-hydrogen) atoms. The van der Waals surface area contributed by atoms with Gasteiger partial charge in [-0.25, -0.2) is 4.98 Å². The van der Waals surface area contributed by atoms with Crippen LogP contribution in [-0.2, 0) is 27.1 Å². The Labute approximate surface area is 422 Å². The number of anilines is 2. The number of fused-ring (bicyclic) bond motifs is 3. The van der Waals surface area contributed by atoms with Gasteiger partial charge in [0.2, 0.25) is 0 Å². The van der Waals surface area contributed by atoms with Crippen LogP contribution in [-0.4, -0.2) is 16.2 Å². The molecule has 0 spiro atoms. The molecule has 5 heteroatoms. The second-order valence-corrected chi connectivity index (χ2v) is 26.9. The summed E-state index contributed by atoms with van der Waals surface area (Å²) in [4.78, 5) is 10.3. The lowest BCUT2D eigenvalue weighted by Crippen LogP contribution is -2.32. The normalized spacial score (nSPS) is 14.7. The number of aromatic nitrogens is 2. The predicted molar refractivity (Wildman–Crippen MR) is 301 cm³/mol. The molecule has 0 fully saturated rings. The standard InChI is InChI=1S/C65H82N4O/c1-59(2,3)43-30-31-66-55(37-43)69-53-29-25-24-28-51(53)56-52(62(10,11)12)39-50(40-54(56)69)70-49-36-46(65(19,20)42-26-22-21-23-27-42)35-48(38-49)68-41-67(57(63(13,14)15)58(68)64(16,17)18)47-33-44(60(4,5)6)32-45(34-47)61(7,8)9/h21-40H,41H2,1-20H3. The van der Waals surface area contributed by atoms with Crippen LogP contribution < -0.4 is 14.5 Å². The van der Waals surface area contributed by atoms with E-state index in [1.165, 1.54) is 61.2 Å². The van der Waals surface area contributed by atoms with E-state index in [0.29, 0.717) is 6.67 Å². The molecule has 0 bridgehead atoms. The number of hydrogen-bond acceptors (Lipinski definition) is 4. The van der Waals surface area contributed by atoms with Gasteiger partial charge in [0.15, 0.2) is 0 Å². The molecule has 0 atom stereocenters. The van der Waals surface area contributed by atoms with Crippen molar-refractivity contribution in [2.45, 2.75) is 166 Å². The molecule has 0 unspecified atom stereocenters. The minimum absolute atomic E-state index is 0.0192. The number of ether oxygens (including phenoxy) is 1.